The Labute approximate surface area is 126 Å². The molecule has 0 bridgehead atoms. The maximum Gasteiger partial charge on any atom is 0.243 e. The van der Waals surface area contributed by atoms with Crippen molar-refractivity contribution in [3.05, 3.63) is 28.8 Å². The molecule has 106 valence electrons. The Bertz CT molecular complexity index is 564. The summed E-state index contributed by atoms with van der Waals surface area (Å²) in [6, 6.07) is 5.70. The molecule has 6 heteroatoms. The molecule has 1 saturated heterocycles. The Balaban J connectivity index is 1.77. The third-order valence-corrected chi connectivity index (χ3v) is 5.01. The van der Waals surface area contributed by atoms with Crippen LogP contribution in [0, 0.1) is 0 Å². The normalized spacial score (nSPS) is 26.1. The molecular formula is C14H15ClN2O2S. The van der Waals surface area contributed by atoms with Crippen LogP contribution in [0.2, 0.25) is 5.02 Å². The second kappa shape index (κ2) is 5.76. The van der Waals surface area contributed by atoms with E-state index >= 15 is 0 Å². The molecule has 2 aliphatic rings. The van der Waals surface area contributed by atoms with Crippen molar-refractivity contribution in [1.82, 2.24) is 10.6 Å². The Morgan fingerprint density at radius 3 is 2.90 bits per heavy atom. The van der Waals surface area contributed by atoms with Gasteiger partial charge in [0.2, 0.25) is 11.8 Å². The number of hydrogen-bond acceptors (Lipinski definition) is 4. The van der Waals surface area contributed by atoms with Gasteiger partial charge in [0.1, 0.15) is 0 Å². The van der Waals surface area contributed by atoms with Crippen LogP contribution in [-0.2, 0) is 9.59 Å². The van der Waals surface area contributed by atoms with Crippen molar-refractivity contribution in [3.63, 3.8) is 0 Å². The molecule has 20 heavy (non-hydrogen) atoms. The number of carbonyl (C=O) groups is 2. The van der Waals surface area contributed by atoms with Crippen LogP contribution in [0.1, 0.15) is 30.9 Å². The lowest BCUT2D eigenvalue weighted by atomic mass is 9.99. The van der Waals surface area contributed by atoms with Gasteiger partial charge in [-0.2, -0.15) is 0 Å². The first-order valence-electron chi connectivity index (χ1n) is 6.65. The van der Waals surface area contributed by atoms with Crippen molar-refractivity contribution >= 4 is 35.2 Å². The van der Waals surface area contributed by atoms with E-state index in [2.05, 4.69) is 10.6 Å². The van der Waals surface area contributed by atoms with Gasteiger partial charge >= 0.3 is 0 Å². The van der Waals surface area contributed by atoms with E-state index in [1.54, 1.807) is 0 Å². The van der Waals surface area contributed by atoms with Crippen LogP contribution < -0.4 is 10.6 Å². The highest BCUT2D eigenvalue weighted by atomic mass is 35.5. The third kappa shape index (κ3) is 2.85. The topological polar surface area (TPSA) is 58.2 Å². The van der Waals surface area contributed by atoms with Gasteiger partial charge in [-0.15, -0.1) is 11.8 Å². The molecule has 0 spiro atoms. The summed E-state index contributed by atoms with van der Waals surface area (Å²) < 4.78 is 0. The summed E-state index contributed by atoms with van der Waals surface area (Å²) in [6.45, 7) is 0. The summed E-state index contributed by atoms with van der Waals surface area (Å²) in [6.07, 6.45) is 1.91. The summed E-state index contributed by atoms with van der Waals surface area (Å²) in [4.78, 5) is 24.2. The van der Waals surface area contributed by atoms with Gasteiger partial charge in [0, 0.05) is 22.4 Å². The van der Waals surface area contributed by atoms with Crippen molar-refractivity contribution in [2.75, 3.05) is 5.75 Å². The maximum absolute atomic E-state index is 11.8. The number of halogens is 1. The van der Waals surface area contributed by atoms with E-state index in [-0.39, 0.29) is 23.9 Å². The third-order valence-electron chi connectivity index (χ3n) is 3.65. The first-order valence-corrected chi connectivity index (χ1v) is 8.02. The number of rotatable bonds is 2. The minimum Gasteiger partial charge on any atom is -0.299 e. The van der Waals surface area contributed by atoms with E-state index in [0.717, 1.165) is 17.7 Å². The molecule has 2 N–H and O–H groups in total. The highest BCUT2D eigenvalue weighted by Crippen LogP contribution is 2.37. The van der Waals surface area contributed by atoms with Gasteiger partial charge in [-0.1, -0.05) is 11.6 Å². The molecular weight excluding hydrogens is 296 g/mol. The molecule has 1 aromatic carbocycles. The maximum atomic E-state index is 11.8. The van der Waals surface area contributed by atoms with Gasteiger partial charge < -0.3 is 0 Å². The minimum atomic E-state index is -0.298. The molecule has 4 nitrogen and oxygen atoms in total. The lowest BCUT2D eigenvalue weighted by Crippen LogP contribution is -2.51. The zero-order chi connectivity index (χ0) is 14.1. The average molecular weight is 311 g/mol. The smallest absolute Gasteiger partial charge is 0.243 e. The van der Waals surface area contributed by atoms with Crippen LogP contribution in [0.25, 0.3) is 0 Å². The average Bonchev–Trinajstić information content (AvgIpc) is 2.42. The second-order valence-corrected chi connectivity index (χ2v) is 6.62. The summed E-state index contributed by atoms with van der Waals surface area (Å²) in [5.74, 6) is 0.610. The molecule has 2 atom stereocenters. The molecule has 2 unspecified atom stereocenters. The summed E-state index contributed by atoms with van der Waals surface area (Å²) in [5.41, 5.74) is 1.15. The van der Waals surface area contributed by atoms with E-state index in [0.29, 0.717) is 17.9 Å². The van der Waals surface area contributed by atoms with Gasteiger partial charge in [0.25, 0.3) is 0 Å². The monoisotopic (exact) mass is 310 g/mol. The number of hydrogen-bond donors (Lipinski definition) is 2. The van der Waals surface area contributed by atoms with Crippen LogP contribution in [-0.4, -0.2) is 23.6 Å². The molecule has 0 saturated carbocycles. The highest BCUT2D eigenvalue weighted by molar-refractivity contribution is 7.99. The molecule has 1 fully saturated rings. The summed E-state index contributed by atoms with van der Waals surface area (Å²) >= 11 is 7.88. The number of nitrogens with one attached hydrogen (secondary N) is 2. The standard InChI is InChI=1S/C14H15ClN2O2S/c15-8-1-3-12-9(7-8)10(5-6-20-12)16-11-2-4-13(18)17-14(11)19/h1,3,7,10-11,16H,2,4-6H2,(H,17,18,19). The summed E-state index contributed by atoms with van der Waals surface area (Å²) in [5, 5.41) is 6.47. The first kappa shape index (κ1) is 13.9. The minimum absolute atomic E-state index is 0.119. The van der Waals surface area contributed by atoms with E-state index in [1.807, 2.05) is 30.0 Å². The van der Waals surface area contributed by atoms with Crippen molar-refractivity contribution in [3.8, 4) is 0 Å². The number of fused-ring (bicyclic) bond motifs is 1. The quantitative estimate of drug-likeness (QED) is 0.823. The second-order valence-electron chi connectivity index (χ2n) is 5.04. The van der Waals surface area contributed by atoms with Crippen LogP contribution >= 0.6 is 23.4 Å². The Kier molecular flexibility index (Phi) is 4.01. The van der Waals surface area contributed by atoms with E-state index < -0.39 is 0 Å². The van der Waals surface area contributed by atoms with Gasteiger partial charge in [-0.05, 0) is 42.4 Å². The molecule has 3 rings (SSSR count). The number of thioether (sulfide) groups is 1. The molecule has 2 heterocycles. The fourth-order valence-electron chi connectivity index (χ4n) is 2.63. The molecule has 0 radical (unpaired) electrons. The van der Waals surface area contributed by atoms with Crippen molar-refractivity contribution < 1.29 is 9.59 Å². The highest BCUT2D eigenvalue weighted by Gasteiger charge is 2.30. The summed E-state index contributed by atoms with van der Waals surface area (Å²) in [7, 11) is 0. The van der Waals surface area contributed by atoms with E-state index in [9.17, 15) is 9.59 Å². The Morgan fingerprint density at radius 1 is 1.25 bits per heavy atom. The molecule has 0 aromatic heterocycles. The Morgan fingerprint density at radius 2 is 2.10 bits per heavy atom. The number of imide groups is 1. The number of amides is 2. The SMILES string of the molecule is O=C1CCC(NC2CCSc3ccc(Cl)cc32)C(=O)N1. The lowest BCUT2D eigenvalue weighted by molar-refractivity contribution is -0.134. The Hall–Kier alpha value is -1.04. The van der Waals surface area contributed by atoms with Crippen molar-refractivity contribution in [2.24, 2.45) is 0 Å². The zero-order valence-electron chi connectivity index (χ0n) is 10.8. The molecule has 2 aliphatic heterocycles. The predicted octanol–water partition coefficient (Wildman–Crippen LogP) is 2.27. The van der Waals surface area contributed by atoms with Crippen LogP contribution in [0.4, 0.5) is 0 Å². The fraction of sp³-hybridized carbons (Fsp3) is 0.429. The molecule has 2 amide bonds. The zero-order valence-corrected chi connectivity index (χ0v) is 12.4. The fourth-order valence-corrected chi connectivity index (χ4v) is 3.92. The van der Waals surface area contributed by atoms with Crippen LogP contribution in [0.5, 0.6) is 0 Å². The predicted molar refractivity (Wildman–Crippen MR) is 78.8 cm³/mol. The number of benzene rings is 1. The van der Waals surface area contributed by atoms with E-state index in [4.69, 9.17) is 11.6 Å². The molecule has 0 aliphatic carbocycles. The van der Waals surface area contributed by atoms with Crippen molar-refractivity contribution in [2.45, 2.75) is 36.2 Å². The van der Waals surface area contributed by atoms with Crippen molar-refractivity contribution in [1.29, 1.82) is 0 Å². The number of carbonyl (C=O) groups excluding carboxylic acids is 2. The van der Waals surface area contributed by atoms with Gasteiger partial charge in [0.15, 0.2) is 0 Å². The lowest BCUT2D eigenvalue weighted by Gasteiger charge is -2.31. The largest absolute Gasteiger partial charge is 0.299 e. The van der Waals surface area contributed by atoms with Crippen LogP contribution in [0.3, 0.4) is 0 Å². The van der Waals surface area contributed by atoms with E-state index in [1.165, 1.54) is 4.90 Å². The van der Waals surface area contributed by atoms with Gasteiger partial charge in [-0.3, -0.25) is 20.2 Å². The molecule has 1 aromatic rings. The van der Waals surface area contributed by atoms with Crippen LogP contribution in [0.15, 0.2) is 23.1 Å². The first-order chi connectivity index (χ1) is 9.63. The van der Waals surface area contributed by atoms with Gasteiger partial charge in [-0.25, -0.2) is 0 Å². The van der Waals surface area contributed by atoms with Gasteiger partial charge in [0.05, 0.1) is 6.04 Å². The number of piperidine rings is 1.